The first-order valence-electron chi connectivity index (χ1n) is 12.0. The van der Waals surface area contributed by atoms with Crippen LogP contribution >= 0.6 is 11.3 Å². The van der Waals surface area contributed by atoms with E-state index in [2.05, 4.69) is 18.8 Å². The summed E-state index contributed by atoms with van der Waals surface area (Å²) in [4.78, 5) is 32.1. The number of ketones is 1. The van der Waals surface area contributed by atoms with E-state index >= 15 is 0 Å². The number of ether oxygens (including phenoxy) is 2. The number of Topliss-reactive ketones (excluding diaryl/α,β-unsaturated/α-hetero) is 1. The number of aryl methyl sites for hydroxylation is 1. The highest BCUT2D eigenvalue weighted by Gasteiger charge is 2.48. The fourth-order valence-corrected chi connectivity index (χ4v) is 4.70. The van der Waals surface area contributed by atoms with Gasteiger partial charge in [0, 0.05) is 17.1 Å². The molecular formula is C28H30N2O5S. The second-order valence-electron chi connectivity index (χ2n) is 9.02. The molecule has 7 nitrogen and oxygen atoms in total. The summed E-state index contributed by atoms with van der Waals surface area (Å²) in [7, 11) is 0. The number of hydrogen-bond donors (Lipinski definition) is 1. The molecule has 3 aromatic rings. The Morgan fingerprint density at radius 3 is 2.50 bits per heavy atom. The lowest BCUT2D eigenvalue weighted by atomic mass is 9.95. The molecule has 1 aliphatic heterocycles. The summed E-state index contributed by atoms with van der Waals surface area (Å²) in [5, 5.41) is 13.4. The first-order valence-corrected chi connectivity index (χ1v) is 12.9. The number of carbonyl (C=O) groups excluding carboxylic acids is 2. The molecule has 1 unspecified atom stereocenters. The van der Waals surface area contributed by atoms with Crippen LogP contribution in [0.15, 0.2) is 59.6 Å². The molecule has 2 aromatic carbocycles. The zero-order chi connectivity index (χ0) is 25.8. The molecule has 0 aliphatic carbocycles. The second kappa shape index (κ2) is 11.0. The number of benzene rings is 2. The van der Waals surface area contributed by atoms with Gasteiger partial charge >= 0.3 is 5.91 Å². The van der Waals surface area contributed by atoms with Gasteiger partial charge in [0.15, 0.2) is 16.6 Å². The average Bonchev–Trinajstić information content (AvgIpc) is 3.47. The van der Waals surface area contributed by atoms with Crippen LogP contribution in [0.25, 0.3) is 5.76 Å². The van der Waals surface area contributed by atoms with E-state index in [4.69, 9.17) is 9.47 Å². The molecule has 0 bridgehead atoms. The van der Waals surface area contributed by atoms with Crippen LogP contribution < -0.4 is 14.4 Å². The Hall–Kier alpha value is -3.65. The molecule has 0 spiro atoms. The zero-order valence-electron chi connectivity index (χ0n) is 20.9. The van der Waals surface area contributed by atoms with Crippen molar-refractivity contribution in [3.63, 3.8) is 0 Å². The van der Waals surface area contributed by atoms with E-state index < -0.39 is 17.7 Å². The van der Waals surface area contributed by atoms with E-state index in [1.165, 1.54) is 16.2 Å². The minimum atomic E-state index is -0.874. The van der Waals surface area contributed by atoms with E-state index in [0.29, 0.717) is 46.9 Å². The first kappa shape index (κ1) is 25.4. The van der Waals surface area contributed by atoms with Crippen LogP contribution in [0.1, 0.15) is 49.9 Å². The molecule has 0 radical (unpaired) electrons. The van der Waals surface area contributed by atoms with Crippen molar-refractivity contribution in [2.75, 3.05) is 18.1 Å². The number of aromatic nitrogens is 1. The average molecular weight is 507 g/mol. The minimum absolute atomic E-state index is 0.00924. The van der Waals surface area contributed by atoms with E-state index in [1.807, 2.05) is 26.0 Å². The molecule has 4 rings (SSSR count). The Labute approximate surface area is 215 Å². The van der Waals surface area contributed by atoms with Gasteiger partial charge < -0.3 is 14.6 Å². The van der Waals surface area contributed by atoms with Crippen molar-refractivity contribution < 1.29 is 24.2 Å². The predicted molar refractivity (Wildman–Crippen MR) is 141 cm³/mol. The van der Waals surface area contributed by atoms with Crippen molar-refractivity contribution in [2.45, 2.75) is 40.2 Å². The van der Waals surface area contributed by atoms with Crippen LogP contribution in [0.4, 0.5) is 5.13 Å². The molecule has 1 N–H and O–H groups in total. The van der Waals surface area contributed by atoms with Crippen molar-refractivity contribution >= 4 is 33.9 Å². The Balaban J connectivity index is 1.84. The summed E-state index contributed by atoms with van der Waals surface area (Å²) >= 11 is 1.25. The number of nitrogens with zero attached hydrogens (tertiary/aromatic N) is 2. The van der Waals surface area contributed by atoms with Gasteiger partial charge in [-0.3, -0.25) is 14.5 Å². The summed E-state index contributed by atoms with van der Waals surface area (Å²) in [6, 6.07) is 11.6. The van der Waals surface area contributed by atoms with Gasteiger partial charge in [-0.05, 0) is 43.9 Å². The van der Waals surface area contributed by atoms with E-state index in [0.717, 1.165) is 12.0 Å². The van der Waals surface area contributed by atoms with Crippen LogP contribution in [0, 0.1) is 12.8 Å². The third-order valence-electron chi connectivity index (χ3n) is 5.93. The highest BCUT2D eigenvalue weighted by atomic mass is 32.1. The molecule has 1 fully saturated rings. The number of hydrogen-bond acceptors (Lipinski definition) is 7. The molecule has 188 valence electrons. The number of rotatable bonds is 9. The summed E-state index contributed by atoms with van der Waals surface area (Å²) < 4.78 is 11.8. The van der Waals surface area contributed by atoms with Crippen molar-refractivity contribution in [1.82, 2.24) is 4.98 Å². The molecule has 1 atom stereocenters. The molecule has 8 heteroatoms. The maximum atomic E-state index is 13.3. The highest BCUT2D eigenvalue weighted by molar-refractivity contribution is 7.14. The number of anilines is 1. The molecule has 1 amide bonds. The first-order chi connectivity index (χ1) is 17.3. The summed E-state index contributed by atoms with van der Waals surface area (Å²) in [6.07, 6.45) is 2.47. The summed E-state index contributed by atoms with van der Waals surface area (Å²) in [5.41, 5.74) is 2.09. The number of aliphatic hydroxyl groups is 1. The van der Waals surface area contributed by atoms with Gasteiger partial charge in [-0.1, -0.05) is 49.7 Å². The van der Waals surface area contributed by atoms with E-state index in [1.54, 1.807) is 41.9 Å². The maximum Gasteiger partial charge on any atom is 0.301 e. The number of thiazole rings is 1. The van der Waals surface area contributed by atoms with Gasteiger partial charge in [0.1, 0.15) is 5.76 Å². The van der Waals surface area contributed by atoms with Gasteiger partial charge in [-0.15, -0.1) is 11.3 Å². The standard InChI is InChI=1S/C28H30N2O5S/c1-5-34-22-16-20(10-11-21(22)35-14-12-17(2)3)24-23(25(31)19-8-6-18(4)7-9-19)26(32)27(33)30(24)28-29-13-15-36-28/h6-11,13,15-17,24,31H,5,12,14H2,1-4H3. The molecule has 0 saturated carbocycles. The number of aliphatic hydroxyl groups excluding tert-OH is 1. The Bertz CT molecular complexity index is 1270. The fourth-order valence-electron chi connectivity index (χ4n) is 4.03. The monoisotopic (exact) mass is 506 g/mol. The van der Waals surface area contributed by atoms with Crippen LogP contribution in [0.5, 0.6) is 11.5 Å². The van der Waals surface area contributed by atoms with E-state index in [9.17, 15) is 14.7 Å². The smallest absolute Gasteiger partial charge is 0.301 e. The second-order valence-corrected chi connectivity index (χ2v) is 9.89. The Morgan fingerprint density at radius 1 is 1.11 bits per heavy atom. The van der Waals surface area contributed by atoms with Gasteiger partial charge in [0.05, 0.1) is 24.8 Å². The Morgan fingerprint density at radius 2 is 1.86 bits per heavy atom. The van der Waals surface area contributed by atoms with Crippen LogP contribution in [-0.4, -0.2) is 35.0 Å². The quantitative estimate of drug-likeness (QED) is 0.221. The van der Waals surface area contributed by atoms with Crippen molar-refractivity contribution in [3.05, 3.63) is 76.3 Å². The lowest BCUT2D eigenvalue weighted by molar-refractivity contribution is -0.132. The maximum absolute atomic E-state index is 13.3. The van der Waals surface area contributed by atoms with Crippen LogP contribution in [0.3, 0.4) is 0 Å². The van der Waals surface area contributed by atoms with Gasteiger partial charge in [0.25, 0.3) is 5.78 Å². The van der Waals surface area contributed by atoms with Crippen LogP contribution in [0.2, 0.25) is 0 Å². The lowest BCUT2D eigenvalue weighted by Crippen LogP contribution is -2.29. The van der Waals surface area contributed by atoms with Crippen molar-refractivity contribution in [2.24, 2.45) is 5.92 Å². The normalized spacial score (nSPS) is 17.1. The van der Waals surface area contributed by atoms with Crippen molar-refractivity contribution in [3.8, 4) is 11.5 Å². The molecule has 2 heterocycles. The minimum Gasteiger partial charge on any atom is -0.507 e. The summed E-state index contributed by atoms with van der Waals surface area (Å²) in [5.74, 6) is -0.126. The number of amides is 1. The molecule has 1 saturated heterocycles. The SMILES string of the molecule is CCOc1cc(C2C(=C(O)c3ccc(C)cc3)C(=O)C(=O)N2c2nccs2)ccc1OCCC(C)C. The van der Waals surface area contributed by atoms with Gasteiger partial charge in [-0.2, -0.15) is 0 Å². The number of carbonyl (C=O) groups is 2. The van der Waals surface area contributed by atoms with Crippen molar-refractivity contribution in [1.29, 1.82) is 0 Å². The molecular weight excluding hydrogens is 476 g/mol. The predicted octanol–water partition coefficient (Wildman–Crippen LogP) is 5.90. The molecule has 1 aromatic heterocycles. The molecule has 36 heavy (non-hydrogen) atoms. The zero-order valence-corrected chi connectivity index (χ0v) is 21.7. The molecule has 1 aliphatic rings. The van der Waals surface area contributed by atoms with E-state index in [-0.39, 0.29) is 11.3 Å². The van der Waals surface area contributed by atoms with Gasteiger partial charge in [0.2, 0.25) is 0 Å². The largest absolute Gasteiger partial charge is 0.507 e. The highest BCUT2D eigenvalue weighted by Crippen LogP contribution is 2.44. The van der Waals surface area contributed by atoms with Crippen LogP contribution in [-0.2, 0) is 9.59 Å². The van der Waals surface area contributed by atoms with Gasteiger partial charge in [-0.25, -0.2) is 4.98 Å². The third-order valence-corrected chi connectivity index (χ3v) is 6.70. The Kier molecular flexibility index (Phi) is 7.74. The topological polar surface area (TPSA) is 89.0 Å². The fraction of sp³-hybridized carbons (Fsp3) is 0.321. The third kappa shape index (κ3) is 5.14. The lowest BCUT2D eigenvalue weighted by Gasteiger charge is -2.24. The summed E-state index contributed by atoms with van der Waals surface area (Å²) in [6.45, 7) is 9.04.